The Bertz CT molecular complexity index is 276. The molecule has 0 N–H and O–H groups in total. The van der Waals surface area contributed by atoms with Crippen molar-refractivity contribution in [3.63, 3.8) is 0 Å². The van der Waals surface area contributed by atoms with Crippen LogP contribution >= 0.6 is 23.5 Å². The lowest BCUT2D eigenvalue weighted by atomic mass is 10.2. The summed E-state index contributed by atoms with van der Waals surface area (Å²) in [5, 5.41) is 0.471. The molecule has 0 saturated carbocycles. The molecule has 0 unspecified atom stereocenters. The second-order valence-electron chi connectivity index (χ2n) is 6.84. The van der Waals surface area contributed by atoms with Gasteiger partial charge in [0.2, 0.25) is 0 Å². The molecular formula is C13H26OS2Si. The van der Waals surface area contributed by atoms with Crippen LogP contribution in [0.3, 0.4) is 0 Å². The SMILES string of the molecule is CC(C)(C)[Si](C)(C)C1(C[C@@H]2CO2)SCCCS1. The second-order valence-corrected chi connectivity index (χ2v) is 16.2. The van der Waals surface area contributed by atoms with Crippen molar-refractivity contribution in [2.24, 2.45) is 0 Å². The van der Waals surface area contributed by atoms with E-state index in [-0.39, 0.29) is 0 Å². The molecule has 17 heavy (non-hydrogen) atoms. The van der Waals surface area contributed by atoms with Crippen molar-refractivity contribution in [3.05, 3.63) is 0 Å². The van der Waals surface area contributed by atoms with Crippen LogP contribution in [0.1, 0.15) is 33.6 Å². The fraction of sp³-hybridized carbons (Fsp3) is 1.00. The van der Waals surface area contributed by atoms with E-state index in [1.54, 1.807) is 0 Å². The maximum atomic E-state index is 5.54. The summed E-state index contributed by atoms with van der Waals surface area (Å²) < 4.78 is 6.03. The van der Waals surface area contributed by atoms with Gasteiger partial charge in [-0.2, -0.15) is 0 Å². The maximum Gasteiger partial charge on any atom is 0.0836 e. The van der Waals surface area contributed by atoms with Crippen molar-refractivity contribution in [3.8, 4) is 0 Å². The summed E-state index contributed by atoms with van der Waals surface area (Å²) in [6.45, 7) is 13.6. The third-order valence-corrected chi connectivity index (χ3v) is 17.4. The Morgan fingerprint density at radius 3 is 2.18 bits per heavy atom. The lowest BCUT2D eigenvalue weighted by molar-refractivity contribution is 0.397. The molecule has 0 aromatic heterocycles. The molecule has 2 fully saturated rings. The molecule has 0 aliphatic carbocycles. The molecule has 2 aliphatic heterocycles. The van der Waals surface area contributed by atoms with Gasteiger partial charge < -0.3 is 4.74 Å². The van der Waals surface area contributed by atoms with Crippen LogP contribution in [-0.2, 0) is 4.74 Å². The van der Waals surface area contributed by atoms with Crippen LogP contribution in [-0.4, -0.2) is 36.0 Å². The fourth-order valence-electron chi connectivity index (χ4n) is 2.37. The average Bonchev–Trinajstić information content (AvgIpc) is 3.01. The van der Waals surface area contributed by atoms with Crippen LogP contribution in [0.15, 0.2) is 0 Å². The zero-order chi connectivity index (χ0) is 12.7. The molecule has 2 saturated heterocycles. The zero-order valence-corrected chi connectivity index (χ0v) is 14.5. The van der Waals surface area contributed by atoms with Gasteiger partial charge in [0.05, 0.1) is 24.5 Å². The highest BCUT2D eigenvalue weighted by Gasteiger charge is 2.56. The first-order chi connectivity index (χ1) is 7.79. The highest BCUT2D eigenvalue weighted by atomic mass is 32.2. The Morgan fingerprint density at radius 2 is 1.76 bits per heavy atom. The van der Waals surface area contributed by atoms with Gasteiger partial charge in [-0.25, -0.2) is 0 Å². The molecule has 2 rings (SSSR count). The predicted molar refractivity (Wildman–Crippen MR) is 83.8 cm³/mol. The van der Waals surface area contributed by atoms with Gasteiger partial charge in [0, 0.05) is 0 Å². The molecule has 1 nitrogen and oxygen atoms in total. The summed E-state index contributed by atoms with van der Waals surface area (Å²) in [6, 6.07) is 0. The van der Waals surface area contributed by atoms with Gasteiger partial charge in [-0.1, -0.05) is 33.9 Å². The fourth-order valence-corrected chi connectivity index (χ4v) is 12.4. The van der Waals surface area contributed by atoms with E-state index in [4.69, 9.17) is 4.74 Å². The summed E-state index contributed by atoms with van der Waals surface area (Å²) >= 11 is 4.51. The molecule has 2 heterocycles. The van der Waals surface area contributed by atoms with Crippen molar-refractivity contribution < 1.29 is 4.74 Å². The molecule has 2 aliphatic rings. The zero-order valence-electron chi connectivity index (χ0n) is 11.8. The standard InChI is InChI=1S/C13H26OS2Si/c1-12(2,3)17(4,5)13(9-11-10-14-11)15-7-6-8-16-13/h11H,6-10H2,1-5H3/t11-/m1/s1. The molecule has 0 bridgehead atoms. The van der Waals surface area contributed by atoms with Crippen molar-refractivity contribution in [1.82, 2.24) is 0 Å². The molecule has 0 aromatic rings. The highest BCUT2D eigenvalue weighted by Crippen LogP contribution is 2.59. The van der Waals surface area contributed by atoms with Crippen LogP contribution in [0.4, 0.5) is 0 Å². The molecule has 100 valence electrons. The van der Waals surface area contributed by atoms with Gasteiger partial charge in [0.15, 0.2) is 0 Å². The molecule has 4 heteroatoms. The van der Waals surface area contributed by atoms with E-state index < -0.39 is 8.07 Å². The Morgan fingerprint density at radius 1 is 1.24 bits per heavy atom. The van der Waals surface area contributed by atoms with Crippen molar-refractivity contribution in [1.29, 1.82) is 0 Å². The summed E-state index contributed by atoms with van der Waals surface area (Å²) in [5.41, 5.74) is 0. The highest BCUT2D eigenvalue weighted by molar-refractivity contribution is 8.21. The molecule has 0 spiro atoms. The number of ether oxygens (including phenoxy) is 1. The Labute approximate surface area is 116 Å². The normalized spacial score (nSPS) is 29.1. The Kier molecular flexibility index (Phi) is 4.01. The van der Waals surface area contributed by atoms with Crippen molar-refractivity contribution in [2.45, 2.75) is 61.6 Å². The van der Waals surface area contributed by atoms with E-state index in [9.17, 15) is 0 Å². The quantitative estimate of drug-likeness (QED) is 0.565. The first-order valence-corrected chi connectivity index (χ1v) is 11.7. The third kappa shape index (κ3) is 2.75. The minimum Gasteiger partial charge on any atom is -0.373 e. The topological polar surface area (TPSA) is 12.5 Å². The molecule has 0 aromatic carbocycles. The Hall–Kier alpha value is 0.877. The Balaban J connectivity index is 2.24. The monoisotopic (exact) mass is 290 g/mol. The van der Waals surface area contributed by atoms with E-state index in [1.165, 1.54) is 24.3 Å². The van der Waals surface area contributed by atoms with E-state index in [0.717, 1.165) is 6.61 Å². The first-order valence-electron chi connectivity index (χ1n) is 6.68. The van der Waals surface area contributed by atoms with Crippen LogP contribution in [0.2, 0.25) is 18.1 Å². The van der Waals surface area contributed by atoms with E-state index in [2.05, 4.69) is 57.4 Å². The maximum absolute atomic E-state index is 5.54. The van der Waals surface area contributed by atoms with E-state index >= 15 is 0 Å². The summed E-state index contributed by atoms with van der Waals surface area (Å²) in [6.07, 6.45) is 3.25. The van der Waals surface area contributed by atoms with Crippen LogP contribution in [0.25, 0.3) is 0 Å². The average molecular weight is 291 g/mol. The number of hydrogen-bond acceptors (Lipinski definition) is 3. The molecule has 0 amide bonds. The van der Waals surface area contributed by atoms with E-state index in [0.29, 0.717) is 14.8 Å². The van der Waals surface area contributed by atoms with Gasteiger partial charge in [-0.15, -0.1) is 23.5 Å². The minimum absolute atomic E-state index is 0.471. The van der Waals surface area contributed by atoms with Crippen LogP contribution in [0.5, 0.6) is 0 Å². The van der Waals surface area contributed by atoms with Gasteiger partial charge in [-0.05, 0) is 29.4 Å². The van der Waals surface area contributed by atoms with Crippen molar-refractivity contribution >= 4 is 31.6 Å². The molecular weight excluding hydrogens is 264 g/mol. The van der Waals surface area contributed by atoms with Gasteiger partial charge in [0.25, 0.3) is 0 Å². The number of thioether (sulfide) groups is 2. The summed E-state index contributed by atoms with van der Waals surface area (Å²) in [7, 11) is -1.33. The molecule has 1 atom stereocenters. The van der Waals surface area contributed by atoms with Gasteiger partial charge in [-0.3, -0.25) is 0 Å². The third-order valence-electron chi connectivity index (χ3n) is 4.69. The minimum atomic E-state index is -1.33. The van der Waals surface area contributed by atoms with E-state index in [1.807, 2.05) is 0 Å². The summed E-state index contributed by atoms with van der Waals surface area (Å²) in [4.78, 5) is 0. The predicted octanol–water partition coefficient (Wildman–Crippen LogP) is 4.39. The first kappa shape index (κ1) is 14.3. The largest absolute Gasteiger partial charge is 0.373 e. The number of rotatable bonds is 3. The van der Waals surface area contributed by atoms with Crippen LogP contribution in [0, 0.1) is 0 Å². The van der Waals surface area contributed by atoms with Crippen molar-refractivity contribution in [2.75, 3.05) is 18.1 Å². The second kappa shape index (κ2) is 4.77. The number of epoxide rings is 1. The molecule has 0 radical (unpaired) electrons. The number of hydrogen-bond donors (Lipinski definition) is 0. The van der Waals surface area contributed by atoms with Gasteiger partial charge in [0.1, 0.15) is 0 Å². The van der Waals surface area contributed by atoms with Gasteiger partial charge >= 0.3 is 0 Å². The summed E-state index contributed by atoms with van der Waals surface area (Å²) in [5.74, 6) is 2.71. The van der Waals surface area contributed by atoms with Crippen LogP contribution < -0.4 is 0 Å². The lowest BCUT2D eigenvalue weighted by Gasteiger charge is -2.53. The lowest BCUT2D eigenvalue weighted by Crippen LogP contribution is -2.57. The smallest absolute Gasteiger partial charge is 0.0836 e.